The van der Waals surface area contributed by atoms with E-state index in [1.54, 1.807) is 18.2 Å². The van der Waals surface area contributed by atoms with Crippen molar-refractivity contribution in [2.24, 2.45) is 0 Å². The topological polar surface area (TPSA) is 56.1 Å². The second-order valence-corrected chi connectivity index (χ2v) is 6.07. The molecule has 0 radical (unpaired) electrons. The number of hydrogen-bond donors (Lipinski definition) is 1. The molecule has 1 aliphatic heterocycles. The molecule has 0 atom stereocenters. The van der Waals surface area contributed by atoms with Crippen LogP contribution in [0.15, 0.2) is 22.7 Å². The molecule has 0 bridgehead atoms. The molecular weight excluding hydrogens is 342 g/mol. The van der Waals surface area contributed by atoms with Crippen LogP contribution in [0, 0.1) is 11.3 Å². The Kier molecular flexibility index (Phi) is 5.41. The van der Waals surface area contributed by atoms with Crippen molar-refractivity contribution in [3.05, 3.63) is 33.3 Å². The fraction of sp³-hybridized carbons (Fsp3) is 0.429. The van der Waals surface area contributed by atoms with Crippen LogP contribution in [0.25, 0.3) is 0 Å². The molecule has 0 spiro atoms. The molecule has 1 saturated heterocycles. The summed E-state index contributed by atoms with van der Waals surface area (Å²) in [5.41, 5.74) is 0.567. The number of nitrogens with one attached hydrogen (secondary N) is 1. The molecule has 6 heteroatoms. The summed E-state index contributed by atoms with van der Waals surface area (Å²) in [6.07, 6.45) is 1.75. The summed E-state index contributed by atoms with van der Waals surface area (Å²) in [5.74, 6) is -0.0990. The van der Waals surface area contributed by atoms with Crippen LogP contribution in [0.4, 0.5) is 0 Å². The molecule has 2 rings (SSSR count). The van der Waals surface area contributed by atoms with Crippen LogP contribution in [0.3, 0.4) is 0 Å². The number of halogens is 2. The number of nitrogens with zero attached hydrogens (tertiary/aromatic N) is 2. The number of carbonyl (C=O) groups is 1. The lowest BCUT2D eigenvalue weighted by Gasteiger charge is -2.30. The van der Waals surface area contributed by atoms with E-state index in [-0.39, 0.29) is 11.9 Å². The number of amides is 1. The number of carbonyl (C=O) groups excluding carboxylic acids is 1. The summed E-state index contributed by atoms with van der Waals surface area (Å²) in [7, 11) is 0. The maximum Gasteiger partial charge on any atom is 0.251 e. The lowest BCUT2D eigenvalue weighted by Crippen LogP contribution is -2.44. The first-order valence-electron chi connectivity index (χ1n) is 6.45. The van der Waals surface area contributed by atoms with Gasteiger partial charge in [-0.05, 0) is 47.0 Å². The van der Waals surface area contributed by atoms with Crippen molar-refractivity contribution >= 4 is 33.4 Å². The van der Waals surface area contributed by atoms with Crippen molar-refractivity contribution in [2.45, 2.75) is 18.9 Å². The molecule has 1 fully saturated rings. The third-order valence-corrected chi connectivity index (χ3v) is 4.63. The van der Waals surface area contributed by atoms with Crippen molar-refractivity contribution in [1.29, 1.82) is 5.26 Å². The Morgan fingerprint density at radius 3 is 2.80 bits per heavy atom. The number of likely N-dealkylation sites (tertiary alicyclic amines) is 1. The molecule has 1 N–H and O–H groups in total. The van der Waals surface area contributed by atoms with Gasteiger partial charge in [-0.2, -0.15) is 5.26 Å². The van der Waals surface area contributed by atoms with Crippen LogP contribution in [0.2, 0.25) is 5.02 Å². The molecule has 1 heterocycles. The molecular formula is C14H15BrClN3O. The highest BCUT2D eigenvalue weighted by atomic mass is 79.9. The number of hydrogen-bond acceptors (Lipinski definition) is 3. The summed E-state index contributed by atoms with van der Waals surface area (Å²) < 4.78 is 0.778. The van der Waals surface area contributed by atoms with E-state index in [4.69, 9.17) is 16.9 Å². The highest BCUT2D eigenvalue weighted by Crippen LogP contribution is 2.23. The summed E-state index contributed by atoms with van der Waals surface area (Å²) in [4.78, 5) is 14.2. The Balaban J connectivity index is 1.89. The highest BCUT2D eigenvalue weighted by molar-refractivity contribution is 9.10. The summed E-state index contributed by atoms with van der Waals surface area (Å²) >= 11 is 9.29. The number of piperidine rings is 1. The van der Waals surface area contributed by atoms with Crippen molar-refractivity contribution in [3.8, 4) is 6.07 Å². The van der Waals surface area contributed by atoms with Gasteiger partial charge in [0, 0.05) is 29.2 Å². The van der Waals surface area contributed by atoms with E-state index in [1.165, 1.54) is 0 Å². The maximum atomic E-state index is 12.1. The van der Waals surface area contributed by atoms with Gasteiger partial charge < -0.3 is 5.32 Å². The SMILES string of the molecule is N#CCN1CCC(NC(=O)c2ccc(Br)c(Cl)c2)CC1. The molecule has 1 amide bonds. The van der Waals surface area contributed by atoms with E-state index in [0.717, 1.165) is 30.4 Å². The van der Waals surface area contributed by atoms with Gasteiger partial charge in [0.2, 0.25) is 0 Å². The van der Waals surface area contributed by atoms with E-state index in [1.807, 2.05) is 0 Å². The Bertz CT molecular complexity index is 536. The molecule has 106 valence electrons. The first kappa shape index (κ1) is 15.3. The molecule has 1 aromatic carbocycles. The fourth-order valence-corrected chi connectivity index (χ4v) is 2.67. The van der Waals surface area contributed by atoms with Gasteiger partial charge in [0.15, 0.2) is 0 Å². The molecule has 1 aromatic rings. The van der Waals surface area contributed by atoms with Crippen molar-refractivity contribution in [3.63, 3.8) is 0 Å². The maximum absolute atomic E-state index is 12.1. The lowest BCUT2D eigenvalue weighted by atomic mass is 10.0. The fourth-order valence-electron chi connectivity index (χ4n) is 2.24. The summed E-state index contributed by atoms with van der Waals surface area (Å²) in [6.45, 7) is 2.15. The normalized spacial score (nSPS) is 16.6. The molecule has 20 heavy (non-hydrogen) atoms. The van der Waals surface area contributed by atoms with Gasteiger partial charge in [0.1, 0.15) is 0 Å². The average molecular weight is 357 g/mol. The number of benzene rings is 1. The highest BCUT2D eigenvalue weighted by Gasteiger charge is 2.21. The van der Waals surface area contributed by atoms with Crippen molar-refractivity contribution < 1.29 is 4.79 Å². The zero-order valence-corrected chi connectivity index (χ0v) is 13.2. The van der Waals surface area contributed by atoms with Gasteiger partial charge in [-0.1, -0.05) is 11.6 Å². The van der Waals surface area contributed by atoms with E-state index < -0.39 is 0 Å². The van der Waals surface area contributed by atoms with E-state index >= 15 is 0 Å². The van der Waals surface area contributed by atoms with Gasteiger partial charge >= 0.3 is 0 Å². The van der Waals surface area contributed by atoms with E-state index in [0.29, 0.717) is 17.1 Å². The smallest absolute Gasteiger partial charge is 0.251 e. The van der Waals surface area contributed by atoms with Gasteiger partial charge in [0.25, 0.3) is 5.91 Å². The minimum absolute atomic E-state index is 0.0990. The third kappa shape index (κ3) is 3.95. The monoisotopic (exact) mass is 355 g/mol. The van der Waals surface area contributed by atoms with Crippen molar-refractivity contribution in [2.75, 3.05) is 19.6 Å². The number of rotatable bonds is 3. The Hall–Kier alpha value is -1.09. The molecule has 1 aliphatic rings. The van der Waals surface area contributed by atoms with Gasteiger partial charge in [-0.25, -0.2) is 0 Å². The summed E-state index contributed by atoms with van der Waals surface area (Å²) in [6, 6.07) is 7.49. The van der Waals surface area contributed by atoms with Crippen molar-refractivity contribution in [1.82, 2.24) is 10.2 Å². The minimum Gasteiger partial charge on any atom is -0.349 e. The standard InChI is InChI=1S/C14H15BrClN3O/c15-12-2-1-10(9-13(12)16)14(20)18-11-3-6-19(7-4-11)8-5-17/h1-2,9,11H,3-4,6-8H2,(H,18,20). The van der Waals surface area contributed by atoms with Crippen LogP contribution < -0.4 is 5.32 Å². The lowest BCUT2D eigenvalue weighted by molar-refractivity contribution is 0.0914. The predicted octanol–water partition coefficient (Wildman–Crippen LogP) is 2.82. The van der Waals surface area contributed by atoms with Gasteiger partial charge in [-0.3, -0.25) is 9.69 Å². The first-order chi connectivity index (χ1) is 9.60. The van der Waals surface area contributed by atoms with Crippen LogP contribution in [0.1, 0.15) is 23.2 Å². The molecule has 4 nitrogen and oxygen atoms in total. The van der Waals surface area contributed by atoms with E-state index in [9.17, 15) is 4.79 Å². The minimum atomic E-state index is -0.0990. The van der Waals surface area contributed by atoms with Crippen LogP contribution in [0.5, 0.6) is 0 Å². The summed E-state index contributed by atoms with van der Waals surface area (Å²) in [5, 5.41) is 12.2. The second kappa shape index (κ2) is 7.07. The quantitative estimate of drug-likeness (QED) is 0.847. The van der Waals surface area contributed by atoms with Gasteiger partial charge in [-0.15, -0.1) is 0 Å². The molecule has 0 aromatic heterocycles. The zero-order chi connectivity index (χ0) is 14.5. The number of nitriles is 1. The van der Waals surface area contributed by atoms with Crippen LogP contribution >= 0.6 is 27.5 Å². The first-order valence-corrected chi connectivity index (χ1v) is 7.62. The van der Waals surface area contributed by atoms with Gasteiger partial charge in [0.05, 0.1) is 17.6 Å². The Morgan fingerprint density at radius 2 is 2.20 bits per heavy atom. The Labute approximate surface area is 131 Å². The largest absolute Gasteiger partial charge is 0.349 e. The zero-order valence-electron chi connectivity index (χ0n) is 10.9. The molecule has 0 aliphatic carbocycles. The van der Waals surface area contributed by atoms with E-state index in [2.05, 4.69) is 32.2 Å². The average Bonchev–Trinajstić information content (AvgIpc) is 2.44. The second-order valence-electron chi connectivity index (χ2n) is 4.81. The van der Waals surface area contributed by atoms with Crippen LogP contribution in [-0.4, -0.2) is 36.5 Å². The van der Waals surface area contributed by atoms with Crippen LogP contribution in [-0.2, 0) is 0 Å². The molecule has 0 saturated carbocycles. The third-order valence-electron chi connectivity index (χ3n) is 3.40. The Morgan fingerprint density at radius 1 is 1.50 bits per heavy atom. The predicted molar refractivity (Wildman–Crippen MR) is 81.7 cm³/mol. The molecule has 0 unspecified atom stereocenters.